The maximum absolute atomic E-state index is 11.9. The molecule has 8 nitrogen and oxygen atoms in total. The summed E-state index contributed by atoms with van der Waals surface area (Å²) < 4.78 is 0. The summed E-state index contributed by atoms with van der Waals surface area (Å²) in [5.41, 5.74) is -0.774. The van der Waals surface area contributed by atoms with Gasteiger partial charge < -0.3 is 15.5 Å². The normalized spacial score (nSPS) is 11.8. The molecule has 0 saturated heterocycles. The maximum atomic E-state index is 11.9. The molecule has 0 bridgehead atoms. The van der Waals surface area contributed by atoms with Crippen molar-refractivity contribution in [2.75, 3.05) is 6.61 Å². The number of aliphatic carboxylic acids is 1. The van der Waals surface area contributed by atoms with Crippen LogP contribution in [0.15, 0.2) is 12.1 Å². The molecule has 1 aromatic carbocycles. The molecule has 1 amide bonds. The fraction of sp³-hybridized carbons (Fsp3) is 0.273. The van der Waals surface area contributed by atoms with Gasteiger partial charge in [0.25, 0.3) is 11.6 Å². The van der Waals surface area contributed by atoms with Crippen LogP contribution in [0.1, 0.15) is 16.8 Å². The van der Waals surface area contributed by atoms with Crippen molar-refractivity contribution in [3.63, 3.8) is 0 Å². The standard InChI is InChI=1S/C11H10Cl2N2O6/c12-6-3-5(4-8(9(6)13)15(20)21)10(17)14-7(1-2-16)11(18)19/h3-4,7,16H,1-2H2,(H,14,17)(H,18,19)/t7-/m1/s1. The Morgan fingerprint density at radius 3 is 2.48 bits per heavy atom. The summed E-state index contributed by atoms with van der Waals surface area (Å²) in [5.74, 6) is -2.22. The minimum Gasteiger partial charge on any atom is -0.480 e. The predicted molar refractivity (Wildman–Crippen MR) is 73.7 cm³/mol. The minimum absolute atomic E-state index is 0.204. The van der Waals surface area contributed by atoms with Gasteiger partial charge in [-0.3, -0.25) is 14.9 Å². The second-order valence-electron chi connectivity index (χ2n) is 3.92. The van der Waals surface area contributed by atoms with Crippen LogP contribution in [0.4, 0.5) is 5.69 Å². The smallest absolute Gasteiger partial charge is 0.326 e. The molecule has 0 heterocycles. The number of carbonyl (C=O) groups is 2. The van der Waals surface area contributed by atoms with Crippen LogP contribution in [-0.2, 0) is 4.79 Å². The lowest BCUT2D eigenvalue weighted by molar-refractivity contribution is -0.384. The zero-order valence-electron chi connectivity index (χ0n) is 10.4. The van der Waals surface area contributed by atoms with Gasteiger partial charge in [-0.05, 0) is 6.07 Å². The van der Waals surface area contributed by atoms with Crippen molar-refractivity contribution in [1.82, 2.24) is 5.32 Å². The van der Waals surface area contributed by atoms with E-state index in [0.29, 0.717) is 0 Å². The van der Waals surface area contributed by atoms with E-state index in [1.165, 1.54) is 0 Å². The number of carboxylic acids is 1. The number of benzene rings is 1. The molecule has 1 aromatic rings. The second kappa shape index (κ2) is 7.21. The summed E-state index contributed by atoms with van der Waals surface area (Å²) in [6.45, 7) is -0.446. The summed E-state index contributed by atoms with van der Waals surface area (Å²) in [6, 6.07) is 0.655. The molecular weight excluding hydrogens is 327 g/mol. The van der Waals surface area contributed by atoms with Crippen molar-refractivity contribution in [2.45, 2.75) is 12.5 Å². The second-order valence-corrected chi connectivity index (χ2v) is 4.71. The molecule has 0 aliphatic rings. The number of halogens is 2. The highest BCUT2D eigenvalue weighted by Crippen LogP contribution is 2.33. The van der Waals surface area contributed by atoms with Gasteiger partial charge in [0.2, 0.25) is 0 Å². The lowest BCUT2D eigenvalue weighted by atomic mass is 10.1. The molecule has 0 aliphatic carbocycles. The van der Waals surface area contributed by atoms with Crippen LogP contribution < -0.4 is 5.32 Å². The van der Waals surface area contributed by atoms with Crippen LogP contribution in [-0.4, -0.2) is 39.7 Å². The monoisotopic (exact) mass is 336 g/mol. The molecule has 0 spiro atoms. The number of aliphatic hydroxyl groups excluding tert-OH is 1. The Morgan fingerprint density at radius 2 is 2.00 bits per heavy atom. The Morgan fingerprint density at radius 1 is 1.38 bits per heavy atom. The third kappa shape index (κ3) is 4.28. The van der Waals surface area contributed by atoms with E-state index >= 15 is 0 Å². The van der Waals surface area contributed by atoms with Crippen LogP contribution >= 0.6 is 23.2 Å². The van der Waals surface area contributed by atoms with Gasteiger partial charge in [-0.1, -0.05) is 23.2 Å². The van der Waals surface area contributed by atoms with E-state index in [1.807, 2.05) is 0 Å². The average molecular weight is 337 g/mol. The van der Waals surface area contributed by atoms with Crippen LogP contribution in [0.3, 0.4) is 0 Å². The third-order valence-electron chi connectivity index (χ3n) is 2.49. The van der Waals surface area contributed by atoms with Crippen LogP contribution in [0.5, 0.6) is 0 Å². The molecule has 1 rings (SSSR count). The van der Waals surface area contributed by atoms with Crippen molar-refractivity contribution in [3.8, 4) is 0 Å². The molecule has 0 radical (unpaired) electrons. The molecule has 114 valence electrons. The topological polar surface area (TPSA) is 130 Å². The van der Waals surface area contributed by atoms with Crippen molar-refractivity contribution in [3.05, 3.63) is 37.9 Å². The molecule has 0 aromatic heterocycles. The zero-order valence-corrected chi connectivity index (χ0v) is 11.9. The van der Waals surface area contributed by atoms with E-state index in [4.69, 9.17) is 33.4 Å². The van der Waals surface area contributed by atoms with Gasteiger partial charge in [0, 0.05) is 24.7 Å². The molecule has 10 heteroatoms. The fourth-order valence-corrected chi connectivity index (χ4v) is 1.86. The lowest BCUT2D eigenvalue weighted by Crippen LogP contribution is -2.41. The number of rotatable bonds is 6. The van der Waals surface area contributed by atoms with Crippen molar-refractivity contribution in [1.29, 1.82) is 0 Å². The highest BCUT2D eigenvalue weighted by Gasteiger charge is 2.24. The van der Waals surface area contributed by atoms with Gasteiger partial charge in [-0.15, -0.1) is 0 Å². The highest BCUT2D eigenvalue weighted by atomic mass is 35.5. The van der Waals surface area contributed by atoms with Gasteiger partial charge in [0.1, 0.15) is 11.1 Å². The Labute approximate surface area is 128 Å². The van der Waals surface area contributed by atoms with Gasteiger partial charge in [-0.25, -0.2) is 4.79 Å². The predicted octanol–water partition coefficient (Wildman–Crippen LogP) is 1.47. The molecular formula is C11H10Cl2N2O6. The van der Waals surface area contributed by atoms with Gasteiger partial charge >= 0.3 is 5.97 Å². The molecule has 3 N–H and O–H groups in total. The number of aliphatic hydroxyl groups is 1. The van der Waals surface area contributed by atoms with Crippen LogP contribution in [0.25, 0.3) is 0 Å². The number of carboxylic acid groups (broad SMARTS) is 1. The first-order valence-electron chi connectivity index (χ1n) is 5.56. The molecule has 1 atom stereocenters. The first kappa shape index (κ1) is 17.2. The van der Waals surface area contributed by atoms with E-state index in [-0.39, 0.29) is 22.0 Å². The largest absolute Gasteiger partial charge is 0.480 e. The van der Waals surface area contributed by atoms with Gasteiger partial charge in [0.15, 0.2) is 0 Å². The summed E-state index contributed by atoms with van der Waals surface area (Å²) in [5, 5.41) is 30.0. The van der Waals surface area contributed by atoms with Crippen LogP contribution in [0.2, 0.25) is 10.0 Å². The Kier molecular flexibility index (Phi) is 5.89. The number of amides is 1. The van der Waals surface area contributed by atoms with Gasteiger partial charge in [0.05, 0.1) is 9.95 Å². The lowest BCUT2D eigenvalue weighted by Gasteiger charge is -2.13. The SMILES string of the molecule is O=C(N[C@H](CCO)C(=O)O)c1cc(Cl)c(Cl)c([N+](=O)[O-])c1. The van der Waals surface area contributed by atoms with E-state index in [0.717, 1.165) is 12.1 Å². The van der Waals surface area contributed by atoms with Crippen LogP contribution in [0, 0.1) is 10.1 Å². The summed E-state index contributed by atoms with van der Waals surface area (Å²) in [7, 11) is 0. The van der Waals surface area contributed by atoms with Crippen molar-refractivity contribution in [2.24, 2.45) is 0 Å². The molecule has 21 heavy (non-hydrogen) atoms. The van der Waals surface area contributed by atoms with E-state index in [1.54, 1.807) is 0 Å². The van der Waals surface area contributed by atoms with Crippen molar-refractivity contribution < 1.29 is 24.7 Å². The quantitative estimate of drug-likeness (QED) is 0.532. The Hall–Kier alpha value is -1.90. The maximum Gasteiger partial charge on any atom is 0.326 e. The highest BCUT2D eigenvalue weighted by molar-refractivity contribution is 6.43. The van der Waals surface area contributed by atoms with Gasteiger partial charge in [-0.2, -0.15) is 0 Å². The number of nitrogens with zero attached hydrogens (tertiary/aromatic N) is 1. The zero-order chi connectivity index (χ0) is 16.2. The summed E-state index contributed by atoms with van der Waals surface area (Å²) in [6.07, 6.45) is -0.204. The number of carbonyl (C=O) groups excluding carboxylic acids is 1. The third-order valence-corrected chi connectivity index (χ3v) is 3.28. The van der Waals surface area contributed by atoms with E-state index in [2.05, 4.69) is 5.32 Å². The first-order valence-corrected chi connectivity index (χ1v) is 6.31. The summed E-state index contributed by atoms with van der Waals surface area (Å²) >= 11 is 11.3. The Bertz CT molecular complexity index is 592. The average Bonchev–Trinajstić information content (AvgIpc) is 2.40. The minimum atomic E-state index is -1.34. The van der Waals surface area contributed by atoms with Crippen molar-refractivity contribution >= 4 is 40.8 Å². The first-order chi connectivity index (χ1) is 9.77. The van der Waals surface area contributed by atoms with E-state index in [9.17, 15) is 19.7 Å². The number of hydrogen-bond acceptors (Lipinski definition) is 5. The number of nitro benzene ring substituents is 1. The molecule has 0 saturated carbocycles. The molecule has 0 fully saturated rings. The number of nitrogens with one attached hydrogen (secondary N) is 1. The number of hydrogen-bond donors (Lipinski definition) is 3. The fourth-order valence-electron chi connectivity index (χ4n) is 1.47. The Balaban J connectivity index is 3.07. The molecule has 0 aliphatic heterocycles. The number of nitro groups is 1. The van der Waals surface area contributed by atoms with E-state index < -0.39 is 35.1 Å². The summed E-state index contributed by atoms with van der Waals surface area (Å²) in [4.78, 5) is 32.7. The molecule has 0 unspecified atom stereocenters.